The van der Waals surface area contributed by atoms with Crippen LogP contribution in [0.2, 0.25) is 0 Å². The van der Waals surface area contributed by atoms with Gasteiger partial charge in [0.1, 0.15) is 11.5 Å². The molecule has 0 spiro atoms. The van der Waals surface area contributed by atoms with Gasteiger partial charge in [0, 0.05) is 16.5 Å². The summed E-state index contributed by atoms with van der Waals surface area (Å²) in [6.45, 7) is -0.881. The number of carbonyl (C=O) groups is 2. The standard InChI is InChI=1S/C30H23F3N2O7/c1-39-20-11-9-17(10-12-20)19-13-23-28(25(14-19)42-40-16-26(36)37)27-21(29(34)38)6-4-7-22(27)35(23)15-18-5-2-3-8-24(18)41-30(31,32)33/h2-14H,15-16H2,1H3,(H2,34,38)(H,36,37). The van der Waals surface area contributed by atoms with Crippen LogP contribution in [0, 0.1) is 0 Å². The molecule has 1 heterocycles. The van der Waals surface area contributed by atoms with E-state index in [2.05, 4.69) is 4.74 Å². The van der Waals surface area contributed by atoms with Crippen molar-refractivity contribution in [3.8, 4) is 28.4 Å². The van der Waals surface area contributed by atoms with E-state index in [1.165, 1.54) is 31.4 Å². The molecule has 0 bridgehead atoms. The first kappa shape index (κ1) is 28.3. The Bertz CT molecular complexity index is 1800. The van der Waals surface area contributed by atoms with Gasteiger partial charge in [-0.25, -0.2) is 4.79 Å². The van der Waals surface area contributed by atoms with Gasteiger partial charge in [0.25, 0.3) is 0 Å². The number of methoxy groups -OCH3 is 1. The van der Waals surface area contributed by atoms with Crippen molar-refractivity contribution < 1.29 is 47.1 Å². The van der Waals surface area contributed by atoms with Gasteiger partial charge in [0.15, 0.2) is 12.4 Å². The first-order valence-corrected chi connectivity index (χ1v) is 12.4. The number of nitrogens with zero attached hydrogens (tertiary/aromatic N) is 1. The van der Waals surface area contributed by atoms with Crippen LogP contribution in [-0.4, -0.2) is 41.6 Å². The molecule has 216 valence electrons. The molecule has 0 fully saturated rings. The molecular weight excluding hydrogens is 557 g/mol. The molecular formula is C30H23F3N2O7. The van der Waals surface area contributed by atoms with E-state index in [0.29, 0.717) is 38.7 Å². The maximum atomic E-state index is 13.2. The molecule has 0 aliphatic rings. The molecule has 42 heavy (non-hydrogen) atoms. The second-order valence-electron chi connectivity index (χ2n) is 9.14. The fraction of sp³-hybridized carbons (Fsp3) is 0.133. The number of hydrogen-bond acceptors (Lipinski definition) is 6. The number of para-hydroxylation sites is 1. The lowest BCUT2D eigenvalue weighted by molar-refractivity contribution is -0.274. The fourth-order valence-corrected chi connectivity index (χ4v) is 4.79. The van der Waals surface area contributed by atoms with Crippen molar-refractivity contribution in [2.45, 2.75) is 12.9 Å². The minimum atomic E-state index is -4.92. The number of carboxylic acid groups (broad SMARTS) is 1. The summed E-state index contributed by atoms with van der Waals surface area (Å²) in [5.41, 5.74) is 8.26. The van der Waals surface area contributed by atoms with Gasteiger partial charge in [-0.15, -0.1) is 13.2 Å². The maximum absolute atomic E-state index is 13.2. The Hall–Kier alpha value is -5.23. The van der Waals surface area contributed by atoms with Crippen LogP contribution in [0.1, 0.15) is 15.9 Å². The highest BCUT2D eigenvalue weighted by Crippen LogP contribution is 2.42. The van der Waals surface area contributed by atoms with Crippen LogP contribution in [0.5, 0.6) is 17.2 Å². The molecule has 0 radical (unpaired) electrons. The lowest BCUT2D eigenvalue weighted by atomic mass is 10.0. The summed E-state index contributed by atoms with van der Waals surface area (Å²) >= 11 is 0. The number of ether oxygens (including phenoxy) is 2. The van der Waals surface area contributed by atoms with Gasteiger partial charge in [-0.1, -0.05) is 36.4 Å². The highest BCUT2D eigenvalue weighted by atomic mass is 19.4. The number of benzene rings is 4. The number of hydrogen-bond donors (Lipinski definition) is 2. The molecule has 1 amide bonds. The van der Waals surface area contributed by atoms with E-state index >= 15 is 0 Å². The van der Waals surface area contributed by atoms with E-state index in [-0.39, 0.29) is 23.4 Å². The second kappa shape index (κ2) is 11.3. The zero-order valence-electron chi connectivity index (χ0n) is 22.0. The van der Waals surface area contributed by atoms with E-state index in [4.69, 9.17) is 25.4 Å². The summed E-state index contributed by atoms with van der Waals surface area (Å²) in [4.78, 5) is 34.1. The van der Waals surface area contributed by atoms with E-state index in [0.717, 1.165) is 0 Å². The third-order valence-corrected chi connectivity index (χ3v) is 6.50. The molecule has 0 saturated carbocycles. The first-order chi connectivity index (χ1) is 20.1. The number of carbonyl (C=O) groups excluding carboxylic acids is 1. The lowest BCUT2D eigenvalue weighted by Gasteiger charge is -2.15. The highest BCUT2D eigenvalue weighted by molar-refractivity contribution is 6.20. The highest BCUT2D eigenvalue weighted by Gasteiger charge is 2.32. The predicted molar refractivity (Wildman–Crippen MR) is 146 cm³/mol. The Morgan fingerprint density at radius 3 is 2.29 bits per heavy atom. The summed E-state index contributed by atoms with van der Waals surface area (Å²) in [5.74, 6) is -1.74. The Labute approximate surface area is 236 Å². The molecule has 0 atom stereocenters. The van der Waals surface area contributed by atoms with Crippen LogP contribution in [0.25, 0.3) is 32.9 Å². The monoisotopic (exact) mass is 580 g/mol. The van der Waals surface area contributed by atoms with E-state index < -0.39 is 30.6 Å². The molecule has 0 aliphatic carbocycles. The third kappa shape index (κ3) is 5.79. The van der Waals surface area contributed by atoms with Crippen molar-refractivity contribution in [2.75, 3.05) is 13.7 Å². The predicted octanol–water partition coefficient (Wildman–Crippen LogP) is 5.91. The van der Waals surface area contributed by atoms with Crippen LogP contribution in [0.15, 0.2) is 78.9 Å². The molecule has 0 saturated heterocycles. The number of halogens is 3. The number of nitrogens with two attached hydrogens (primary N) is 1. The molecule has 0 unspecified atom stereocenters. The van der Waals surface area contributed by atoms with Crippen LogP contribution in [-0.2, 0) is 16.2 Å². The Balaban J connectivity index is 1.80. The van der Waals surface area contributed by atoms with Crippen molar-refractivity contribution in [3.63, 3.8) is 0 Å². The molecule has 4 aromatic carbocycles. The number of fused-ring (bicyclic) bond motifs is 3. The Morgan fingerprint density at radius 1 is 0.881 bits per heavy atom. The number of alkyl halides is 3. The number of aromatic nitrogens is 1. The second-order valence-corrected chi connectivity index (χ2v) is 9.14. The average molecular weight is 581 g/mol. The minimum absolute atomic E-state index is 0.0665. The molecule has 12 heteroatoms. The summed E-state index contributed by atoms with van der Waals surface area (Å²) < 4.78 is 50.9. The number of carboxylic acids is 1. The van der Waals surface area contributed by atoms with Crippen molar-refractivity contribution in [1.82, 2.24) is 4.57 Å². The zero-order chi connectivity index (χ0) is 30.0. The summed E-state index contributed by atoms with van der Waals surface area (Å²) in [6, 6.07) is 21.0. The third-order valence-electron chi connectivity index (χ3n) is 6.50. The van der Waals surface area contributed by atoms with E-state index in [1.807, 2.05) is 0 Å². The number of primary amides is 1. The van der Waals surface area contributed by atoms with Crippen LogP contribution in [0.3, 0.4) is 0 Å². The summed E-state index contributed by atoms with van der Waals surface area (Å²) in [5, 5.41) is 9.77. The molecule has 5 rings (SSSR count). The van der Waals surface area contributed by atoms with Crippen LogP contribution in [0.4, 0.5) is 13.2 Å². The van der Waals surface area contributed by atoms with E-state index in [9.17, 15) is 22.8 Å². The van der Waals surface area contributed by atoms with Gasteiger partial charge in [0.05, 0.1) is 30.1 Å². The molecule has 0 aliphatic heterocycles. The van der Waals surface area contributed by atoms with Gasteiger partial charge in [-0.3, -0.25) is 4.79 Å². The molecule has 3 N–H and O–H groups in total. The van der Waals surface area contributed by atoms with Crippen molar-refractivity contribution in [3.05, 3.63) is 90.0 Å². The van der Waals surface area contributed by atoms with Gasteiger partial charge < -0.3 is 29.8 Å². The number of aliphatic carboxylic acids is 1. The smallest absolute Gasteiger partial charge is 0.497 e. The number of amides is 1. The zero-order valence-corrected chi connectivity index (χ0v) is 22.0. The molecule has 5 aromatic rings. The van der Waals surface area contributed by atoms with Gasteiger partial charge in [0.2, 0.25) is 5.91 Å². The van der Waals surface area contributed by atoms with Crippen molar-refractivity contribution >= 4 is 33.7 Å². The summed E-state index contributed by atoms with van der Waals surface area (Å²) in [7, 11) is 1.53. The summed E-state index contributed by atoms with van der Waals surface area (Å²) in [6.07, 6.45) is -4.92. The Morgan fingerprint density at radius 2 is 1.62 bits per heavy atom. The average Bonchev–Trinajstić information content (AvgIpc) is 3.26. The topological polar surface area (TPSA) is 122 Å². The maximum Gasteiger partial charge on any atom is 0.573 e. The number of rotatable bonds is 10. The van der Waals surface area contributed by atoms with Crippen molar-refractivity contribution in [1.29, 1.82) is 0 Å². The molecule has 1 aromatic heterocycles. The Kier molecular flexibility index (Phi) is 7.64. The SMILES string of the molecule is COc1ccc(-c2cc(OOCC(=O)O)c3c4c(C(N)=O)cccc4n(Cc4ccccc4OC(F)(F)F)c3c2)cc1. The van der Waals surface area contributed by atoms with E-state index in [1.54, 1.807) is 59.2 Å². The van der Waals surface area contributed by atoms with Crippen LogP contribution >= 0.6 is 0 Å². The van der Waals surface area contributed by atoms with Gasteiger partial charge in [-0.2, -0.15) is 4.89 Å². The van der Waals surface area contributed by atoms with Crippen LogP contribution < -0.4 is 20.1 Å². The molecule has 9 nitrogen and oxygen atoms in total. The normalized spacial score (nSPS) is 11.5. The van der Waals surface area contributed by atoms with Crippen molar-refractivity contribution in [2.24, 2.45) is 5.73 Å². The van der Waals surface area contributed by atoms with Gasteiger partial charge >= 0.3 is 12.3 Å². The largest absolute Gasteiger partial charge is 0.573 e. The lowest BCUT2D eigenvalue weighted by Crippen LogP contribution is -2.18. The minimum Gasteiger partial charge on any atom is -0.497 e. The fourth-order valence-electron chi connectivity index (χ4n) is 4.79. The first-order valence-electron chi connectivity index (χ1n) is 12.4. The quantitative estimate of drug-likeness (QED) is 0.156. The van der Waals surface area contributed by atoms with Gasteiger partial charge in [-0.05, 0) is 53.6 Å².